The van der Waals surface area contributed by atoms with Gasteiger partial charge in [-0.25, -0.2) is 4.90 Å². The number of imide groups is 1. The summed E-state index contributed by atoms with van der Waals surface area (Å²) in [6.45, 7) is 7.79. The molecule has 0 aromatic heterocycles. The summed E-state index contributed by atoms with van der Waals surface area (Å²) in [6.07, 6.45) is 0. The number of carbonyl (C=O) groups is 3. The minimum absolute atomic E-state index is 0.179. The minimum atomic E-state index is -0.369. The molecular formula is C28H27N3O3. The van der Waals surface area contributed by atoms with E-state index in [9.17, 15) is 14.4 Å². The Hall–Kier alpha value is -4.19. The lowest BCUT2D eigenvalue weighted by molar-refractivity contribution is -0.120. The van der Waals surface area contributed by atoms with Gasteiger partial charge in [0.25, 0.3) is 11.8 Å². The molecule has 6 heteroatoms. The fourth-order valence-corrected chi connectivity index (χ4v) is 4.34. The van der Waals surface area contributed by atoms with Crippen LogP contribution in [0.25, 0.3) is 5.57 Å². The normalized spacial score (nSPS) is 13.5. The van der Waals surface area contributed by atoms with Crippen molar-refractivity contribution >= 4 is 40.4 Å². The number of nitrogens with zero attached hydrogens (tertiary/aromatic N) is 2. The third-order valence-electron chi connectivity index (χ3n) is 5.67. The number of likely N-dealkylation sites (N-methyl/N-ethyl adjacent to an activating group) is 1. The minimum Gasteiger partial charge on any atom is -0.337 e. The number of aryl methyl sites for hydroxylation is 2. The number of anilines is 3. The molecule has 3 aromatic carbocycles. The second-order valence-electron chi connectivity index (χ2n) is 8.35. The Balaban J connectivity index is 1.88. The van der Waals surface area contributed by atoms with Crippen molar-refractivity contribution in [2.75, 3.05) is 21.7 Å². The number of rotatable bonds is 6. The average Bonchev–Trinajstić information content (AvgIpc) is 3.05. The Morgan fingerprint density at radius 2 is 1.50 bits per heavy atom. The van der Waals surface area contributed by atoms with Gasteiger partial charge in [-0.05, 0) is 73.9 Å². The molecule has 4 rings (SSSR count). The summed E-state index contributed by atoms with van der Waals surface area (Å²) in [4.78, 5) is 42.2. The molecule has 3 aromatic rings. The monoisotopic (exact) mass is 453 g/mol. The number of hydrogen-bond acceptors (Lipinski definition) is 4. The van der Waals surface area contributed by atoms with E-state index >= 15 is 0 Å². The molecule has 34 heavy (non-hydrogen) atoms. The fourth-order valence-electron chi connectivity index (χ4n) is 4.34. The third kappa shape index (κ3) is 4.35. The Morgan fingerprint density at radius 1 is 0.882 bits per heavy atom. The first-order valence-corrected chi connectivity index (χ1v) is 11.2. The molecule has 1 aliphatic rings. The van der Waals surface area contributed by atoms with Crippen LogP contribution in [-0.4, -0.2) is 24.3 Å². The van der Waals surface area contributed by atoms with Gasteiger partial charge in [0.15, 0.2) is 0 Å². The van der Waals surface area contributed by atoms with E-state index in [1.165, 1.54) is 11.8 Å². The molecule has 0 bridgehead atoms. The number of hydrogen-bond donors (Lipinski definition) is 1. The van der Waals surface area contributed by atoms with Gasteiger partial charge in [0, 0.05) is 24.8 Å². The first kappa shape index (κ1) is 23.0. The maximum absolute atomic E-state index is 13.9. The van der Waals surface area contributed by atoms with Crippen molar-refractivity contribution in [1.82, 2.24) is 0 Å². The standard InChI is InChI=1S/C28H27N3O3/c1-5-30(23-9-7-6-8-10-23)26-25(21-11-13-22(14-12-21)29-20(4)32)27(33)31(28(26)34)24-16-18(2)15-19(3)17-24/h6-17H,5H2,1-4H3,(H,29,32). The summed E-state index contributed by atoms with van der Waals surface area (Å²) in [5.41, 5.74) is 5.24. The predicted molar refractivity (Wildman–Crippen MR) is 136 cm³/mol. The van der Waals surface area contributed by atoms with E-state index in [1.54, 1.807) is 24.3 Å². The highest BCUT2D eigenvalue weighted by Crippen LogP contribution is 2.37. The van der Waals surface area contributed by atoms with Gasteiger partial charge < -0.3 is 10.2 Å². The molecule has 0 saturated carbocycles. The van der Waals surface area contributed by atoms with Crippen molar-refractivity contribution in [3.8, 4) is 0 Å². The molecule has 1 aliphatic heterocycles. The molecule has 3 amide bonds. The smallest absolute Gasteiger partial charge is 0.282 e. The van der Waals surface area contributed by atoms with Gasteiger partial charge in [-0.15, -0.1) is 0 Å². The summed E-state index contributed by atoms with van der Waals surface area (Å²) in [5, 5.41) is 2.73. The molecule has 0 fully saturated rings. The lowest BCUT2D eigenvalue weighted by Crippen LogP contribution is -2.35. The van der Waals surface area contributed by atoms with Crippen LogP contribution in [0, 0.1) is 13.8 Å². The first-order chi connectivity index (χ1) is 16.3. The van der Waals surface area contributed by atoms with Crippen LogP contribution in [0.15, 0.2) is 78.5 Å². The maximum atomic E-state index is 13.9. The summed E-state index contributed by atoms with van der Waals surface area (Å²) in [6, 6.07) is 22.3. The largest absolute Gasteiger partial charge is 0.337 e. The van der Waals surface area contributed by atoms with Crippen molar-refractivity contribution in [2.24, 2.45) is 0 Å². The topological polar surface area (TPSA) is 69.7 Å². The van der Waals surface area contributed by atoms with Crippen LogP contribution in [0.4, 0.5) is 17.1 Å². The Labute approximate surface area is 199 Å². The lowest BCUT2D eigenvalue weighted by Gasteiger charge is -2.25. The molecular weight excluding hydrogens is 426 g/mol. The third-order valence-corrected chi connectivity index (χ3v) is 5.67. The lowest BCUT2D eigenvalue weighted by atomic mass is 10.0. The van der Waals surface area contributed by atoms with Crippen molar-refractivity contribution in [3.63, 3.8) is 0 Å². The maximum Gasteiger partial charge on any atom is 0.282 e. The van der Waals surface area contributed by atoms with E-state index in [1.807, 2.05) is 74.2 Å². The van der Waals surface area contributed by atoms with Gasteiger partial charge in [0.1, 0.15) is 5.70 Å². The van der Waals surface area contributed by atoms with E-state index in [2.05, 4.69) is 5.32 Å². The second-order valence-corrected chi connectivity index (χ2v) is 8.35. The molecule has 0 radical (unpaired) electrons. The number of carbonyl (C=O) groups excluding carboxylic acids is 3. The molecule has 0 aliphatic carbocycles. The Morgan fingerprint density at radius 3 is 2.06 bits per heavy atom. The van der Waals surface area contributed by atoms with Crippen LogP contribution >= 0.6 is 0 Å². The molecule has 0 spiro atoms. The zero-order valence-corrected chi connectivity index (χ0v) is 19.8. The SMILES string of the molecule is CCN(C1=C(c2ccc(NC(C)=O)cc2)C(=O)N(c2cc(C)cc(C)c2)C1=O)c1ccccc1. The fraction of sp³-hybridized carbons (Fsp3) is 0.179. The van der Waals surface area contributed by atoms with Crippen molar-refractivity contribution in [3.05, 3.63) is 95.2 Å². The molecule has 6 nitrogen and oxygen atoms in total. The molecule has 1 heterocycles. The van der Waals surface area contributed by atoms with Crippen LogP contribution in [0.1, 0.15) is 30.5 Å². The first-order valence-electron chi connectivity index (χ1n) is 11.2. The Bertz CT molecular complexity index is 1270. The predicted octanol–water partition coefficient (Wildman–Crippen LogP) is 5.07. The number of nitrogens with one attached hydrogen (secondary N) is 1. The molecule has 1 N–H and O–H groups in total. The summed E-state index contributed by atoms with van der Waals surface area (Å²) < 4.78 is 0. The van der Waals surface area contributed by atoms with Gasteiger partial charge in [-0.2, -0.15) is 0 Å². The van der Waals surface area contributed by atoms with Gasteiger partial charge in [-0.3, -0.25) is 14.4 Å². The average molecular weight is 454 g/mol. The highest BCUT2D eigenvalue weighted by molar-refractivity contribution is 6.46. The van der Waals surface area contributed by atoms with E-state index < -0.39 is 0 Å². The quantitative estimate of drug-likeness (QED) is 0.529. The van der Waals surface area contributed by atoms with Crippen molar-refractivity contribution in [1.29, 1.82) is 0 Å². The van der Waals surface area contributed by atoms with Crippen LogP contribution in [-0.2, 0) is 14.4 Å². The van der Waals surface area contributed by atoms with Crippen molar-refractivity contribution in [2.45, 2.75) is 27.7 Å². The summed E-state index contributed by atoms with van der Waals surface area (Å²) >= 11 is 0. The van der Waals surface area contributed by atoms with E-state index in [0.717, 1.165) is 16.8 Å². The molecule has 0 unspecified atom stereocenters. The number of para-hydroxylation sites is 1. The summed E-state index contributed by atoms with van der Waals surface area (Å²) in [5.74, 6) is -0.907. The Kier molecular flexibility index (Phi) is 6.32. The van der Waals surface area contributed by atoms with Gasteiger partial charge in [0.05, 0.1) is 11.3 Å². The molecule has 0 saturated heterocycles. The number of amides is 3. The van der Waals surface area contributed by atoms with Crippen LogP contribution in [0.2, 0.25) is 0 Å². The molecule has 0 atom stereocenters. The van der Waals surface area contributed by atoms with Gasteiger partial charge in [-0.1, -0.05) is 36.4 Å². The second kappa shape index (κ2) is 9.35. The highest BCUT2D eigenvalue weighted by atomic mass is 16.2. The van der Waals surface area contributed by atoms with Crippen LogP contribution < -0.4 is 15.1 Å². The van der Waals surface area contributed by atoms with E-state index in [4.69, 9.17) is 0 Å². The zero-order valence-electron chi connectivity index (χ0n) is 19.8. The summed E-state index contributed by atoms with van der Waals surface area (Å²) in [7, 11) is 0. The molecule has 172 valence electrons. The zero-order chi connectivity index (χ0) is 24.4. The van der Waals surface area contributed by atoms with Crippen LogP contribution in [0.5, 0.6) is 0 Å². The van der Waals surface area contributed by atoms with Crippen LogP contribution in [0.3, 0.4) is 0 Å². The van der Waals surface area contributed by atoms with Gasteiger partial charge >= 0.3 is 0 Å². The number of benzene rings is 3. The van der Waals surface area contributed by atoms with E-state index in [0.29, 0.717) is 34.8 Å². The van der Waals surface area contributed by atoms with Gasteiger partial charge in [0.2, 0.25) is 5.91 Å². The van der Waals surface area contributed by atoms with E-state index in [-0.39, 0.29) is 17.7 Å². The highest BCUT2D eigenvalue weighted by Gasteiger charge is 2.42. The van der Waals surface area contributed by atoms with Crippen molar-refractivity contribution < 1.29 is 14.4 Å².